The number of thiol groups is 1. The van der Waals surface area contributed by atoms with Crippen molar-refractivity contribution >= 4 is 18.5 Å². The second-order valence-electron chi connectivity index (χ2n) is 5.65. The van der Waals surface area contributed by atoms with Gasteiger partial charge in [0.15, 0.2) is 0 Å². The van der Waals surface area contributed by atoms with Gasteiger partial charge in [0, 0.05) is 12.6 Å². The SMILES string of the molecule is CCC1CCCCCN1C(=O)C(S)Cc1ccccc1. The summed E-state index contributed by atoms with van der Waals surface area (Å²) in [6.45, 7) is 3.09. The van der Waals surface area contributed by atoms with Crippen molar-refractivity contribution in [3.63, 3.8) is 0 Å². The molecule has 1 amide bonds. The average Bonchev–Trinajstić information content (AvgIpc) is 2.72. The number of likely N-dealkylation sites (tertiary alicyclic amines) is 1. The van der Waals surface area contributed by atoms with Gasteiger partial charge >= 0.3 is 0 Å². The summed E-state index contributed by atoms with van der Waals surface area (Å²) in [5, 5.41) is -0.218. The van der Waals surface area contributed by atoms with Crippen LogP contribution in [0.5, 0.6) is 0 Å². The highest BCUT2D eigenvalue weighted by atomic mass is 32.1. The van der Waals surface area contributed by atoms with Gasteiger partial charge in [-0.2, -0.15) is 12.6 Å². The lowest BCUT2D eigenvalue weighted by molar-refractivity contribution is -0.132. The van der Waals surface area contributed by atoms with E-state index >= 15 is 0 Å². The molecular weight excluding hydrogens is 266 g/mol. The van der Waals surface area contributed by atoms with Gasteiger partial charge in [-0.25, -0.2) is 0 Å². The Hall–Kier alpha value is -0.960. The normalized spacial score (nSPS) is 21.3. The molecule has 2 unspecified atom stereocenters. The summed E-state index contributed by atoms with van der Waals surface area (Å²) < 4.78 is 0. The van der Waals surface area contributed by atoms with Gasteiger partial charge < -0.3 is 4.90 Å². The van der Waals surface area contributed by atoms with Crippen molar-refractivity contribution in [3.05, 3.63) is 35.9 Å². The fraction of sp³-hybridized carbons (Fsp3) is 0.588. The predicted molar refractivity (Wildman–Crippen MR) is 87.2 cm³/mol. The van der Waals surface area contributed by atoms with Crippen LogP contribution < -0.4 is 0 Å². The molecule has 1 aromatic rings. The molecule has 2 rings (SSSR count). The first-order valence-corrected chi connectivity index (χ1v) is 8.26. The molecule has 2 nitrogen and oxygen atoms in total. The van der Waals surface area contributed by atoms with E-state index < -0.39 is 0 Å². The number of rotatable bonds is 4. The van der Waals surface area contributed by atoms with Crippen molar-refractivity contribution in [2.45, 2.75) is 56.7 Å². The van der Waals surface area contributed by atoms with E-state index in [9.17, 15) is 4.79 Å². The van der Waals surface area contributed by atoms with E-state index in [1.807, 2.05) is 18.2 Å². The van der Waals surface area contributed by atoms with Crippen LogP contribution >= 0.6 is 12.6 Å². The minimum absolute atomic E-state index is 0.214. The van der Waals surface area contributed by atoms with Gasteiger partial charge in [0.25, 0.3) is 0 Å². The summed E-state index contributed by atoms with van der Waals surface area (Å²) in [6, 6.07) is 10.6. The van der Waals surface area contributed by atoms with E-state index in [0.29, 0.717) is 6.04 Å². The van der Waals surface area contributed by atoms with Crippen LogP contribution in [0.2, 0.25) is 0 Å². The summed E-state index contributed by atoms with van der Waals surface area (Å²) in [6.07, 6.45) is 6.55. The Bertz CT molecular complexity index is 420. The number of carbonyl (C=O) groups is 1. The van der Waals surface area contributed by atoms with E-state index in [2.05, 4.69) is 36.6 Å². The minimum Gasteiger partial charge on any atom is -0.339 e. The smallest absolute Gasteiger partial charge is 0.236 e. The molecule has 0 radical (unpaired) electrons. The van der Waals surface area contributed by atoms with Crippen molar-refractivity contribution in [2.24, 2.45) is 0 Å². The van der Waals surface area contributed by atoms with Gasteiger partial charge in [-0.15, -0.1) is 0 Å². The first-order chi connectivity index (χ1) is 9.72. The van der Waals surface area contributed by atoms with Crippen LogP contribution in [0.15, 0.2) is 30.3 Å². The van der Waals surface area contributed by atoms with Crippen LogP contribution in [-0.2, 0) is 11.2 Å². The maximum atomic E-state index is 12.7. The Labute approximate surface area is 128 Å². The summed E-state index contributed by atoms with van der Waals surface area (Å²) in [4.78, 5) is 14.8. The summed E-state index contributed by atoms with van der Waals surface area (Å²) in [7, 11) is 0. The van der Waals surface area contributed by atoms with Gasteiger partial charge in [-0.05, 0) is 31.2 Å². The average molecular weight is 291 g/mol. The largest absolute Gasteiger partial charge is 0.339 e. The maximum absolute atomic E-state index is 12.7. The van der Waals surface area contributed by atoms with Crippen molar-refractivity contribution in [1.29, 1.82) is 0 Å². The molecule has 1 fully saturated rings. The molecule has 1 saturated heterocycles. The maximum Gasteiger partial charge on any atom is 0.236 e. The molecule has 1 aromatic carbocycles. The van der Waals surface area contributed by atoms with E-state index in [1.165, 1.54) is 18.4 Å². The molecule has 1 aliphatic rings. The van der Waals surface area contributed by atoms with Crippen molar-refractivity contribution in [2.75, 3.05) is 6.54 Å². The topological polar surface area (TPSA) is 20.3 Å². The van der Waals surface area contributed by atoms with Crippen LogP contribution in [0, 0.1) is 0 Å². The first-order valence-electron chi connectivity index (χ1n) is 7.75. The van der Waals surface area contributed by atoms with Gasteiger partial charge in [0.1, 0.15) is 0 Å². The third kappa shape index (κ3) is 4.02. The third-order valence-corrected chi connectivity index (χ3v) is 4.59. The van der Waals surface area contributed by atoms with Gasteiger partial charge in [0.2, 0.25) is 5.91 Å². The van der Waals surface area contributed by atoms with Crippen molar-refractivity contribution < 1.29 is 4.79 Å². The summed E-state index contributed by atoms with van der Waals surface area (Å²) in [5.41, 5.74) is 1.18. The highest BCUT2D eigenvalue weighted by molar-refractivity contribution is 7.81. The highest BCUT2D eigenvalue weighted by Crippen LogP contribution is 2.22. The molecule has 110 valence electrons. The van der Waals surface area contributed by atoms with Crippen molar-refractivity contribution in [3.8, 4) is 0 Å². The number of amides is 1. The molecule has 2 atom stereocenters. The molecule has 20 heavy (non-hydrogen) atoms. The van der Waals surface area contributed by atoms with Crippen LogP contribution in [0.4, 0.5) is 0 Å². The lowest BCUT2D eigenvalue weighted by Crippen LogP contribution is -2.44. The van der Waals surface area contributed by atoms with Gasteiger partial charge in [-0.1, -0.05) is 50.1 Å². The van der Waals surface area contributed by atoms with Crippen LogP contribution in [0.1, 0.15) is 44.6 Å². The Morgan fingerprint density at radius 2 is 2.05 bits per heavy atom. The fourth-order valence-corrected chi connectivity index (χ4v) is 3.37. The lowest BCUT2D eigenvalue weighted by Gasteiger charge is -2.31. The quantitative estimate of drug-likeness (QED) is 0.839. The molecular formula is C17H25NOS. The zero-order valence-corrected chi connectivity index (χ0v) is 13.2. The van der Waals surface area contributed by atoms with Crippen LogP contribution in [-0.4, -0.2) is 28.6 Å². The molecule has 1 heterocycles. The summed E-state index contributed by atoms with van der Waals surface area (Å²) >= 11 is 4.57. The molecule has 0 saturated carbocycles. The number of hydrogen-bond acceptors (Lipinski definition) is 2. The van der Waals surface area contributed by atoms with Crippen molar-refractivity contribution in [1.82, 2.24) is 4.90 Å². The number of nitrogens with zero attached hydrogens (tertiary/aromatic N) is 1. The molecule has 0 aromatic heterocycles. The Balaban J connectivity index is 2.00. The Morgan fingerprint density at radius 1 is 1.30 bits per heavy atom. The lowest BCUT2D eigenvalue weighted by atomic mass is 10.1. The Morgan fingerprint density at radius 3 is 2.75 bits per heavy atom. The van der Waals surface area contributed by atoms with Crippen LogP contribution in [0.3, 0.4) is 0 Å². The van der Waals surface area contributed by atoms with Gasteiger partial charge in [-0.3, -0.25) is 4.79 Å². The highest BCUT2D eigenvalue weighted by Gasteiger charge is 2.27. The van der Waals surface area contributed by atoms with Crippen LogP contribution in [0.25, 0.3) is 0 Å². The predicted octanol–water partition coefficient (Wildman–Crippen LogP) is 3.71. The molecule has 0 N–H and O–H groups in total. The van der Waals surface area contributed by atoms with E-state index in [1.54, 1.807) is 0 Å². The van der Waals surface area contributed by atoms with Gasteiger partial charge in [0.05, 0.1) is 5.25 Å². The molecule has 0 bridgehead atoms. The third-order valence-electron chi connectivity index (χ3n) is 4.19. The molecule has 0 spiro atoms. The molecule has 1 aliphatic heterocycles. The minimum atomic E-state index is -0.218. The van der Waals surface area contributed by atoms with E-state index in [4.69, 9.17) is 0 Å². The first kappa shape index (κ1) is 15.4. The van der Waals surface area contributed by atoms with E-state index in [-0.39, 0.29) is 11.2 Å². The number of carbonyl (C=O) groups excluding carboxylic acids is 1. The number of benzene rings is 1. The monoisotopic (exact) mass is 291 g/mol. The fourth-order valence-electron chi connectivity index (χ4n) is 3.01. The number of hydrogen-bond donors (Lipinski definition) is 1. The summed E-state index contributed by atoms with van der Waals surface area (Å²) in [5.74, 6) is 0.214. The molecule has 0 aliphatic carbocycles. The molecule has 3 heteroatoms. The Kier molecular flexibility index (Phi) is 5.96. The zero-order valence-electron chi connectivity index (χ0n) is 12.3. The zero-order chi connectivity index (χ0) is 14.4. The second kappa shape index (κ2) is 7.72. The second-order valence-corrected chi connectivity index (χ2v) is 6.27. The van der Waals surface area contributed by atoms with E-state index in [0.717, 1.165) is 32.2 Å². The standard InChI is InChI=1S/C17H25NOS/c1-2-15-11-7-4-8-12-18(15)17(19)16(20)13-14-9-5-3-6-10-14/h3,5-6,9-10,15-16,20H,2,4,7-8,11-13H2,1H3.